The molecule has 74 valence electrons. The lowest BCUT2D eigenvalue weighted by Crippen LogP contribution is -2.08. The molecule has 1 aliphatic heterocycles. The number of ketones is 1. The van der Waals surface area contributed by atoms with Crippen molar-refractivity contribution in [3.8, 4) is 0 Å². The average Bonchev–Trinajstić information content (AvgIpc) is 2.46. The van der Waals surface area contributed by atoms with E-state index in [0.717, 1.165) is 6.07 Å². The Morgan fingerprint density at radius 1 is 1.29 bits per heavy atom. The van der Waals surface area contributed by atoms with Crippen molar-refractivity contribution < 1.29 is 18.0 Å². The zero-order chi connectivity index (χ0) is 10.3. The Hall–Kier alpha value is -1.52. The minimum atomic E-state index is -4.41. The van der Waals surface area contributed by atoms with Crippen molar-refractivity contribution in [1.82, 2.24) is 0 Å². The van der Waals surface area contributed by atoms with Crippen LogP contribution in [0.3, 0.4) is 0 Å². The number of nitrogens with one attached hydrogen (secondary N) is 1. The number of rotatable bonds is 0. The fourth-order valence-electron chi connectivity index (χ4n) is 1.48. The molecule has 14 heavy (non-hydrogen) atoms. The second-order valence-electron chi connectivity index (χ2n) is 3.00. The van der Waals surface area contributed by atoms with Crippen LogP contribution in [0.25, 0.3) is 0 Å². The molecule has 2 rings (SSSR count). The Labute approximate surface area is 77.7 Å². The van der Waals surface area contributed by atoms with Crippen LogP contribution in [0.15, 0.2) is 18.2 Å². The molecule has 1 aromatic carbocycles. The predicted molar refractivity (Wildman–Crippen MR) is 44.3 cm³/mol. The number of benzene rings is 1. The summed E-state index contributed by atoms with van der Waals surface area (Å²) in [6.07, 6.45) is -4.41. The summed E-state index contributed by atoms with van der Waals surface area (Å²) in [6.45, 7) is -0.0531. The first kappa shape index (κ1) is 9.05. The van der Waals surface area contributed by atoms with E-state index in [-0.39, 0.29) is 23.6 Å². The van der Waals surface area contributed by atoms with E-state index < -0.39 is 11.7 Å². The number of carbonyl (C=O) groups excluding carboxylic acids is 1. The molecule has 0 fully saturated rings. The molecule has 0 unspecified atom stereocenters. The third-order valence-corrected chi connectivity index (χ3v) is 2.10. The van der Waals surface area contributed by atoms with Gasteiger partial charge in [0, 0.05) is 5.56 Å². The van der Waals surface area contributed by atoms with E-state index in [9.17, 15) is 18.0 Å². The molecule has 0 bridgehead atoms. The molecule has 0 aliphatic carbocycles. The van der Waals surface area contributed by atoms with Crippen LogP contribution < -0.4 is 5.32 Å². The molecule has 1 N–H and O–H groups in total. The molecule has 0 aromatic heterocycles. The monoisotopic (exact) mass is 201 g/mol. The second-order valence-corrected chi connectivity index (χ2v) is 3.00. The minimum absolute atomic E-state index is 0.0531. The first-order chi connectivity index (χ1) is 6.50. The molecule has 0 atom stereocenters. The highest BCUT2D eigenvalue weighted by atomic mass is 19.4. The van der Waals surface area contributed by atoms with Crippen molar-refractivity contribution >= 4 is 11.5 Å². The van der Waals surface area contributed by atoms with Gasteiger partial charge in [-0.3, -0.25) is 4.79 Å². The smallest absolute Gasteiger partial charge is 0.376 e. The minimum Gasteiger partial charge on any atom is -0.376 e. The molecule has 1 heterocycles. The number of hydrogen-bond acceptors (Lipinski definition) is 2. The van der Waals surface area contributed by atoms with E-state index in [2.05, 4.69) is 5.32 Å². The molecule has 0 spiro atoms. The van der Waals surface area contributed by atoms with Gasteiger partial charge in [0.25, 0.3) is 0 Å². The molecule has 1 aromatic rings. The number of alkyl halides is 3. The Balaban J connectivity index is 2.60. The van der Waals surface area contributed by atoms with Gasteiger partial charge < -0.3 is 5.32 Å². The Kier molecular flexibility index (Phi) is 1.77. The topological polar surface area (TPSA) is 29.1 Å². The van der Waals surface area contributed by atoms with E-state index >= 15 is 0 Å². The van der Waals surface area contributed by atoms with E-state index in [1.165, 1.54) is 12.1 Å². The van der Waals surface area contributed by atoms with Crippen LogP contribution in [0.2, 0.25) is 0 Å². The van der Waals surface area contributed by atoms with Gasteiger partial charge in [-0.05, 0) is 12.1 Å². The van der Waals surface area contributed by atoms with Gasteiger partial charge in [0.1, 0.15) is 0 Å². The molecular weight excluding hydrogens is 195 g/mol. The standard InChI is InChI=1S/C9H6F3NO/c10-9(11,12)6-3-1-2-5-7(14)4-13-8(5)6/h1-3,13H,4H2. The average molecular weight is 201 g/mol. The van der Waals surface area contributed by atoms with Gasteiger partial charge in [-0.2, -0.15) is 13.2 Å². The SMILES string of the molecule is O=C1CNc2c1cccc2C(F)(F)F. The Bertz CT molecular complexity index is 398. The van der Waals surface area contributed by atoms with E-state index in [1.807, 2.05) is 0 Å². The summed E-state index contributed by atoms with van der Waals surface area (Å²) in [7, 11) is 0. The number of Topliss-reactive ketones (excluding diaryl/α,β-unsaturated/α-hetero) is 1. The Morgan fingerprint density at radius 3 is 2.64 bits per heavy atom. The van der Waals surface area contributed by atoms with Crippen LogP contribution in [-0.2, 0) is 6.18 Å². The third kappa shape index (κ3) is 1.25. The van der Waals surface area contributed by atoms with Crippen LogP contribution in [0.4, 0.5) is 18.9 Å². The van der Waals surface area contributed by atoms with Crippen molar-refractivity contribution in [1.29, 1.82) is 0 Å². The number of hydrogen-bond donors (Lipinski definition) is 1. The van der Waals surface area contributed by atoms with Crippen molar-refractivity contribution in [3.63, 3.8) is 0 Å². The maximum absolute atomic E-state index is 12.4. The molecule has 2 nitrogen and oxygen atoms in total. The molecule has 0 saturated carbocycles. The van der Waals surface area contributed by atoms with E-state index in [0.29, 0.717) is 0 Å². The van der Waals surface area contributed by atoms with Gasteiger partial charge in [0.15, 0.2) is 5.78 Å². The van der Waals surface area contributed by atoms with Crippen LogP contribution in [0, 0.1) is 0 Å². The second kappa shape index (κ2) is 2.73. The largest absolute Gasteiger partial charge is 0.418 e. The maximum Gasteiger partial charge on any atom is 0.418 e. The van der Waals surface area contributed by atoms with Crippen molar-refractivity contribution in [2.24, 2.45) is 0 Å². The highest BCUT2D eigenvalue weighted by molar-refractivity contribution is 6.08. The third-order valence-electron chi connectivity index (χ3n) is 2.10. The quantitative estimate of drug-likeness (QED) is 0.697. The number of carbonyl (C=O) groups is 1. The lowest BCUT2D eigenvalue weighted by molar-refractivity contribution is -0.136. The number of fused-ring (bicyclic) bond motifs is 1. The lowest BCUT2D eigenvalue weighted by atomic mass is 10.1. The molecule has 0 amide bonds. The summed E-state index contributed by atoms with van der Waals surface area (Å²) in [5, 5.41) is 2.46. The van der Waals surface area contributed by atoms with Crippen LogP contribution in [0.5, 0.6) is 0 Å². The molecule has 5 heteroatoms. The summed E-state index contributed by atoms with van der Waals surface area (Å²) < 4.78 is 37.3. The Morgan fingerprint density at radius 2 is 2.00 bits per heavy atom. The fourth-order valence-corrected chi connectivity index (χ4v) is 1.48. The van der Waals surface area contributed by atoms with Crippen LogP contribution in [0.1, 0.15) is 15.9 Å². The highest BCUT2D eigenvalue weighted by Gasteiger charge is 2.36. The van der Waals surface area contributed by atoms with E-state index in [4.69, 9.17) is 0 Å². The highest BCUT2D eigenvalue weighted by Crippen LogP contribution is 2.38. The van der Waals surface area contributed by atoms with Gasteiger partial charge in [-0.15, -0.1) is 0 Å². The molecule has 1 aliphatic rings. The number of anilines is 1. The van der Waals surface area contributed by atoms with Gasteiger partial charge >= 0.3 is 6.18 Å². The summed E-state index contributed by atoms with van der Waals surface area (Å²) >= 11 is 0. The first-order valence-electron chi connectivity index (χ1n) is 3.97. The van der Waals surface area contributed by atoms with Gasteiger partial charge in [-0.1, -0.05) is 6.07 Å². The maximum atomic E-state index is 12.4. The lowest BCUT2D eigenvalue weighted by Gasteiger charge is -2.10. The normalized spacial score (nSPS) is 15.2. The van der Waals surface area contributed by atoms with Gasteiger partial charge in [0.2, 0.25) is 0 Å². The summed E-state index contributed by atoms with van der Waals surface area (Å²) in [5.74, 6) is -0.300. The number of para-hydroxylation sites is 1. The van der Waals surface area contributed by atoms with Crippen molar-refractivity contribution in [2.45, 2.75) is 6.18 Å². The predicted octanol–water partition coefficient (Wildman–Crippen LogP) is 2.31. The van der Waals surface area contributed by atoms with Crippen LogP contribution in [-0.4, -0.2) is 12.3 Å². The summed E-state index contributed by atoms with van der Waals surface area (Å²) in [5.41, 5.74) is -0.745. The molecule has 0 radical (unpaired) electrons. The summed E-state index contributed by atoms with van der Waals surface area (Å²) in [4.78, 5) is 11.1. The molecule has 0 saturated heterocycles. The fraction of sp³-hybridized carbons (Fsp3) is 0.222. The van der Waals surface area contributed by atoms with Gasteiger partial charge in [-0.25, -0.2) is 0 Å². The van der Waals surface area contributed by atoms with E-state index in [1.54, 1.807) is 0 Å². The van der Waals surface area contributed by atoms with Gasteiger partial charge in [0.05, 0.1) is 17.8 Å². The van der Waals surface area contributed by atoms with Crippen molar-refractivity contribution in [3.05, 3.63) is 29.3 Å². The summed E-state index contributed by atoms with van der Waals surface area (Å²) in [6, 6.07) is 3.60. The zero-order valence-electron chi connectivity index (χ0n) is 6.98. The number of halogens is 3. The molecular formula is C9H6F3NO. The first-order valence-corrected chi connectivity index (χ1v) is 3.97. The van der Waals surface area contributed by atoms with Crippen LogP contribution >= 0.6 is 0 Å². The zero-order valence-corrected chi connectivity index (χ0v) is 6.98. The van der Waals surface area contributed by atoms with Crippen molar-refractivity contribution in [2.75, 3.05) is 11.9 Å².